The summed E-state index contributed by atoms with van der Waals surface area (Å²) in [4.78, 5) is 15.0. The van der Waals surface area contributed by atoms with Gasteiger partial charge >= 0.3 is 0 Å². The predicted molar refractivity (Wildman–Crippen MR) is 110 cm³/mol. The molecule has 0 fully saturated rings. The molecule has 0 bridgehead atoms. The van der Waals surface area contributed by atoms with Gasteiger partial charge in [-0.2, -0.15) is 10.2 Å². The lowest BCUT2D eigenvalue weighted by Gasteiger charge is -2.26. The van der Waals surface area contributed by atoms with Crippen LogP contribution in [-0.2, 0) is 14.1 Å². The summed E-state index contributed by atoms with van der Waals surface area (Å²) in [6.07, 6.45) is 3.02. The SMILES string of the molecule is Cc1nn(C)c(C)c1-c1cc(C(=O)N2CC=C(c3ccccc3)CC2)n(C)n1. The zero-order valence-corrected chi connectivity index (χ0v) is 16.8. The van der Waals surface area contributed by atoms with Crippen molar-refractivity contribution in [2.75, 3.05) is 13.1 Å². The van der Waals surface area contributed by atoms with E-state index in [0.717, 1.165) is 29.1 Å². The molecular weight excluding hydrogens is 350 g/mol. The summed E-state index contributed by atoms with van der Waals surface area (Å²) in [6, 6.07) is 12.2. The number of benzene rings is 1. The number of aryl methyl sites for hydroxylation is 3. The number of amides is 1. The first kappa shape index (κ1) is 18.2. The largest absolute Gasteiger partial charge is 0.333 e. The lowest BCUT2D eigenvalue weighted by atomic mass is 9.99. The standard InChI is InChI=1S/C22H25N5O/c1-15-21(16(2)25(3)23-15)19-14-20(26(4)24-19)22(28)27-12-10-18(11-13-27)17-8-6-5-7-9-17/h5-10,14H,11-13H2,1-4H3. The molecule has 6 nitrogen and oxygen atoms in total. The molecule has 144 valence electrons. The highest BCUT2D eigenvalue weighted by atomic mass is 16.2. The summed E-state index contributed by atoms with van der Waals surface area (Å²) in [5.74, 6) is 0.0174. The number of rotatable bonds is 3. The molecular formula is C22H25N5O. The maximum Gasteiger partial charge on any atom is 0.272 e. The third-order valence-electron chi connectivity index (χ3n) is 5.51. The van der Waals surface area contributed by atoms with E-state index in [4.69, 9.17) is 0 Å². The van der Waals surface area contributed by atoms with Crippen molar-refractivity contribution >= 4 is 11.5 Å². The van der Waals surface area contributed by atoms with Crippen LogP contribution in [0.3, 0.4) is 0 Å². The molecule has 0 unspecified atom stereocenters. The molecule has 2 aromatic heterocycles. The van der Waals surface area contributed by atoms with Crippen LogP contribution in [0.25, 0.3) is 16.8 Å². The van der Waals surface area contributed by atoms with Crippen LogP contribution in [-0.4, -0.2) is 43.5 Å². The predicted octanol–water partition coefficient (Wildman–Crippen LogP) is 3.37. The zero-order valence-electron chi connectivity index (χ0n) is 16.8. The minimum Gasteiger partial charge on any atom is -0.333 e. The Balaban J connectivity index is 1.57. The van der Waals surface area contributed by atoms with Crippen LogP contribution in [0.1, 0.15) is 33.9 Å². The Morgan fingerprint density at radius 2 is 1.79 bits per heavy atom. The molecule has 0 saturated carbocycles. The van der Waals surface area contributed by atoms with E-state index in [-0.39, 0.29) is 5.91 Å². The molecule has 3 heterocycles. The van der Waals surface area contributed by atoms with E-state index in [9.17, 15) is 4.79 Å². The van der Waals surface area contributed by atoms with E-state index in [1.54, 1.807) is 4.68 Å². The highest BCUT2D eigenvalue weighted by Gasteiger charge is 2.24. The first-order chi connectivity index (χ1) is 13.5. The van der Waals surface area contributed by atoms with Crippen LogP contribution in [0.15, 0.2) is 42.5 Å². The fourth-order valence-corrected chi connectivity index (χ4v) is 3.86. The van der Waals surface area contributed by atoms with E-state index >= 15 is 0 Å². The van der Waals surface area contributed by atoms with E-state index in [1.807, 2.05) is 61.8 Å². The molecule has 1 aromatic carbocycles. The number of aromatic nitrogens is 4. The number of hydrogen-bond acceptors (Lipinski definition) is 3. The second kappa shape index (κ2) is 7.11. The van der Waals surface area contributed by atoms with Crippen molar-refractivity contribution in [1.29, 1.82) is 0 Å². The van der Waals surface area contributed by atoms with Gasteiger partial charge in [-0.15, -0.1) is 0 Å². The third-order valence-corrected chi connectivity index (χ3v) is 5.51. The molecule has 0 N–H and O–H groups in total. The minimum atomic E-state index is 0.0174. The third kappa shape index (κ3) is 3.15. The van der Waals surface area contributed by atoms with Gasteiger partial charge in [-0.25, -0.2) is 0 Å². The van der Waals surface area contributed by atoms with E-state index < -0.39 is 0 Å². The molecule has 0 aliphatic carbocycles. The monoisotopic (exact) mass is 375 g/mol. The molecule has 28 heavy (non-hydrogen) atoms. The number of nitrogens with zero attached hydrogens (tertiary/aromatic N) is 5. The quantitative estimate of drug-likeness (QED) is 0.705. The van der Waals surface area contributed by atoms with Gasteiger partial charge in [-0.05, 0) is 37.5 Å². The van der Waals surface area contributed by atoms with Crippen molar-refractivity contribution in [1.82, 2.24) is 24.5 Å². The van der Waals surface area contributed by atoms with Crippen LogP contribution in [0, 0.1) is 13.8 Å². The Hall–Kier alpha value is -3.15. The van der Waals surface area contributed by atoms with Gasteiger partial charge in [0.25, 0.3) is 5.91 Å². The van der Waals surface area contributed by atoms with Crippen LogP contribution < -0.4 is 0 Å². The Morgan fingerprint density at radius 1 is 1.04 bits per heavy atom. The van der Waals surface area contributed by atoms with Crippen LogP contribution >= 0.6 is 0 Å². The molecule has 0 spiro atoms. The lowest BCUT2D eigenvalue weighted by Crippen LogP contribution is -2.35. The summed E-state index contributed by atoms with van der Waals surface area (Å²) in [6.45, 7) is 5.32. The normalized spacial score (nSPS) is 14.3. The maximum atomic E-state index is 13.1. The molecule has 1 aliphatic rings. The summed E-state index contributed by atoms with van der Waals surface area (Å²) >= 11 is 0. The first-order valence-electron chi connectivity index (χ1n) is 9.54. The fraction of sp³-hybridized carbons (Fsp3) is 0.318. The van der Waals surface area contributed by atoms with Gasteiger partial charge in [0.2, 0.25) is 0 Å². The maximum absolute atomic E-state index is 13.1. The Labute approximate surface area is 165 Å². The van der Waals surface area contributed by atoms with Crippen molar-refractivity contribution in [3.8, 4) is 11.3 Å². The molecule has 6 heteroatoms. The van der Waals surface area contributed by atoms with Gasteiger partial charge in [0, 0.05) is 38.4 Å². The Bertz CT molecular complexity index is 1060. The first-order valence-corrected chi connectivity index (χ1v) is 9.54. The highest BCUT2D eigenvalue weighted by Crippen LogP contribution is 2.27. The van der Waals surface area contributed by atoms with Gasteiger partial charge in [-0.1, -0.05) is 36.4 Å². The van der Waals surface area contributed by atoms with Gasteiger partial charge in [-0.3, -0.25) is 14.2 Å². The van der Waals surface area contributed by atoms with Gasteiger partial charge in [0.15, 0.2) is 0 Å². The molecule has 0 atom stereocenters. The summed E-state index contributed by atoms with van der Waals surface area (Å²) < 4.78 is 3.53. The second-order valence-electron chi connectivity index (χ2n) is 7.30. The van der Waals surface area contributed by atoms with Gasteiger partial charge < -0.3 is 4.90 Å². The number of carbonyl (C=O) groups excluding carboxylic acids is 1. The molecule has 1 aliphatic heterocycles. The van der Waals surface area contributed by atoms with Crippen molar-refractivity contribution in [2.45, 2.75) is 20.3 Å². The van der Waals surface area contributed by atoms with Crippen LogP contribution in [0.4, 0.5) is 0 Å². The lowest BCUT2D eigenvalue weighted by molar-refractivity contribution is 0.0762. The average Bonchev–Trinajstić information content (AvgIpc) is 3.20. The van der Waals surface area contributed by atoms with Gasteiger partial charge in [0.1, 0.15) is 5.69 Å². The Morgan fingerprint density at radius 3 is 2.39 bits per heavy atom. The molecule has 0 radical (unpaired) electrons. The summed E-state index contributed by atoms with van der Waals surface area (Å²) in [5.41, 5.74) is 6.91. The topological polar surface area (TPSA) is 56.0 Å². The molecule has 1 amide bonds. The Kier molecular flexibility index (Phi) is 4.63. The van der Waals surface area contributed by atoms with E-state index in [1.165, 1.54) is 11.1 Å². The molecule has 3 aromatic rings. The average molecular weight is 375 g/mol. The minimum absolute atomic E-state index is 0.0174. The fourth-order valence-electron chi connectivity index (χ4n) is 3.86. The smallest absolute Gasteiger partial charge is 0.272 e. The van der Waals surface area contributed by atoms with E-state index in [2.05, 4.69) is 28.4 Å². The van der Waals surface area contributed by atoms with Crippen LogP contribution in [0.5, 0.6) is 0 Å². The number of hydrogen-bond donors (Lipinski definition) is 0. The zero-order chi connectivity index (χ0) is 19.8. The van der Waals surface area contributed by atoms with Crippen molar-refractivity contribution < 1.29 is 4.79 Å². The number of carbonyl (C=O) groups is 1. The second-order valence-corrected chi connectivity index (χ2v) is 7.30. The van der Waals surface area contributed by atoms with Crippen LogP contribution in [0.2, 0.25) is 0 Å². The van der Waals surface area contributed by atoms with Gasteiger partial charge in [0.05, 0.1) is 11.4 Å². The molecule has 4 rings (SSSR count). The highest BCUT2D eigenvalue weighted by molar-refractivity contribution is 5.94. The summed E-state index contributed by atoms with van der Waals surface area (Å²) in [5, 5.41) is 9.06. The van der Waals surface area contributed by atoms with Crippen molar-refractivity contribution in [3.05, 3.63) is 65.1 Å². The van der Waals surface area contributed by atoms with Crippen molar-refractivity contribution in [3.63, 3.8) is 0 Å². The van der Waals surface area contributed by atoms with E-state index in [0.29, 0.717) is 18.8 Å². The van der Waals surface area contributed by atoms with Crippen molar-refractivity contribution in [2.24, 2.45) is 14.1 Å². The molecule has 0 saturated heterocycles. The summed E-state index contributed by atoms with van der Waals surface area (Å²) in [7, 11) is 3.75.